The average molecular weight is 364 g/mol. The average Bonchev–Trinajstić information content (AvgIpc) is 3.16. The third-order valence-electron chi connectivity index (χ3n) is 5.03. The Morgan fingerprint density at radius 3 is 2.56 bits per heavy atom. The van der Waals surface area contributed by atoms with E-state index in [0.717, 1.165) is 22.7 Å². The number of hydrogen-bond donors (Lipinski definition) is 0. The van der Waals surface area contributed by atoms with Gasteiger partial charge in [0.1, 0.15) is 5.76 Å². The Balaban J connectivity index is 1.80. The van der Waals surface area contributed by atoms with Crippen molar-refractivity contribution in [3.05, 3.63) is 75.6 Å². The van der Waals surface area contributed by atoms with E-state index >= 15 is 0 Å². The van der Waals surface area contributed by atoms with Gasteiger partial charge in [-0.15, -0.1) is 0 Å². The molecule has 2 aromatic heterocycles. The Morgan fingerprint density at radius 1 is 1.11 bits per heavy atom. The molecule has 0 fully saturated rings. The van der Waals surface area contributed by atoms with Gasteiger partial charge >= 0.3 is 0 Å². The summed E-state index contributed by atoms with van der Waals surface area (Å²) in [4.78, 5) is 22.2. The predicted octanol–water partition coefficient (Wildman–Crippen LogP) is 3.58. The number of fused-ring (bicyclic) bond motifs is 1. The van der Waals surface area contributed by atoms with E-state index in [9.17, 15) is 4.79 Å². The molecule has 3 heterocycles. The quantitative estimate of drug-likeness (QED) is 0.708. The first-order chi connectivity index (χ1) is 13.1. The third-order valence-corrected chi connectivity index (χ3v) is 5.03. The molecule has 0 N–H and O–H groups in total. The highest BCUT2D eigenvalue weighted by Gasteiger charge is 2.28. The normalized spacial score (nSPS) is 14.4. The molecule has 1 aliphatic rings. The van der Waals surface area contributed by atoms with Gasteiger partial charge in [0.05, 0.1) is 26.1 Å². The van der Waals surface area contributed by atoms with Crippen molar-refractivity contribution in [2.45, 2.75) is 40.4 Å². The van der Waals surface area contributed by atoms with Gasteiger partial charge in [-0.05, 0) is 44.5 Å². The summed E-state index contributed by atoms with van der Waals surface area (Å²) < 4.78 is 7.29. The minimum Gasteiger partial charge on any atom is -0.468 e. The van der Waals surface area contributed by atoms with Crippen molar-refractivity contribution in [3.63, 3.8) is 0 Å². The SMILES string of the molecule is CCc1c(C)nc2n(c1=O)CN(Cc1ccco1)CN2c1ccc(C)cc1. The molecular weight excluding hydrogens is 340 g/mol. The molecule has 6 heteroatoms. The van der Waals surface area contributed by atoms with Gasteiger partial charge in [0.25, 0.3) is 5.56 Å². The van der Waals surface area contributed by atoms with Gasteiger partial charge in [-0.1, -0.05) is 24.6 Å². The van der Waals surface area contributed by atoms with E-state index in [2.05, 4.69) is 41.0 Å². The highest BCUT2D eigenvalue weighted by atomic mass is 16.3. The van der Waals surface area contributed by atoms with Crippen LogP contribution in [0.3, 0.4) is 0 Å². The number of nitrogens with zero attached hydrogens (tertiary/aromatic N) is 4. The van der Waals surface area contributed by atoms with Crippen LogP contribution in [0.2, 0.25) is 0 Å². The van der Waals surface area contributed by atoms with E-state index < -0.39 is 0 Å². The molecule has 0 aliphatic carbocycles. The largest absolute Gasteiger partial charge is 0.468 e. The summed E-state index contributed by atoms with van der Waals surface area (Å²) >= 11 is 0. The smallest absolute Gasteiger partial charge is 0.259 e. The van der Waals surface area contributed by atoms with Crippen LogP contribution in [0.5, 0.6) is 0 Å². The minimum atomic E-state index is 0.0428. The molecule has 1 aliphatic heterocycles. The van der Waals surface area contributed by atoms with Crippen LogP contribution in [0, 0.1) is 13.8 Å². The molecule has 0 unspecified atom stereocenters. The lowest BCUT2D eigenvalue weighted by Crippen LogP contribution is -2.47. The molecule has 27 heavy (non-hydrogen) atoms. The fourth-order valence-corrected chi connectivity index (χ4v) is 3.58. The van der Waals surface area contributed by atoms with Crippen LogP contribution < -0.4 is 10.5 Å². The molecule has 0 radical (unpaired) electrons. The van der Waals surface area contributed by atoms with E-state index in [1.807, 2.05) is 26.0 Å². The van der Waals surface area contributed by atoms with Crippen LogP contribution in [0.15, 0.2) is 51.9 Å². The molecule has 0 spiro atoms. The van der Waals surface area contributed by atoms with Gasteiger partial charge in [-0.2, -0.15) is 0 Å². The summed E-state index contributed by atoms with van der Waals surface area (Å²) in [6, 6.07) is 12.2. The van der Waals surface area contributed by atoms with Gasteiger partial charge < -0.3 is 4.42 Å². The highest BCUT2D eigenvalue weighted by Crippen LogP contribution is 2.28. The number of aryl methyl sites for hydroxylation is 2. The number of aromatic nitrogens is 2. The minimum absolute atomic E-state index is 0.0428. The van der Waals surface area contributed by atoms with Gasteiger partial charge in [0.15, 0.2) is 0 Å². The lowest BCUT2D eigenvalue weighted by Gasteiger charge is -2.38. The molecule has 4 rings (SSSR count). The van der Waals surface area contributed by atoms with Crippen molar-refractivity contribution in [2.24, 2.45) is 0 Å². The molecular formula is C21H24N4O2. The number of furan rings is 1. The summed E-state index contributed by atoms with van der Waals surface area (Å²) in [6.07, 6.45) is 2.36. The first kappa shape index (κ1) is 17.5. The lowest BCUT2D eigenvalue weighted by molar-refractivity contribution is 0.176. The van der Waals surface area contributed by atoms with Crippen molar-refractivity contribution in [2.75, 3.05) is 11.6 Å². The molecule has 0 saturated heterocycles. The summed E-state index contributed by atoms with van der Waals surface area (Å²) in [5, 5.41) is 0. The van der Waals surface area contributed by atoms with E-state index in [4.69, 9.17) is 9.40 Å². The second kappa shape index (κ2) is 7.04. The Labute approximate surface area is 158 Å². The van der Waals surface area contributed by atoms with E-state index in [0.29, 0.717) is 32.3 Å². The topological polar surface area (TPSA) is 54.5 Å². The Bertz CT molecular complexity index is 990. The first-order valence-corrected chi connectivity index (χ1v) is 9.26. The standard InChI is InChI=1S/C21H24N4O2/c1-4-19-16(3)22-21-24(17-9-7-15(2)8-10-17)13-23(14-25(21)20(19)26)12-18-6-5-11-27-18/h5-11H,4,12-14H2,1-3H3. The van der Waals surface area contributed by atoms with E-state index in [-0.39, 0.29) is 5.56 Å². The van der Waals surface area contributed by atoms with E-state index in [1.54, 1.807) is 10.8 Å². The zero-order valence-electron chi connectivity index (χ0n) is 16.0. The van der Waals surface area contributed by atoms with Crippen molar-refractivity contribution in [3.8, 4) is 0 Å². The second-order valence-electron chi connectivity index (χ2n) is 7.02. The van der Waals surface area contributed by atoms with Crippen molar-refractivity contribution in [1.29, 1.82) is 0 Å². The van der Waals surface area contributed by atoms with Crippen LogP contribution in [0.25, 0.3) is 0 Å². The predicted molar refractivity (Wildman–Crippen MR) is 105 cm³/mol. The lowest BCUT2D eigenvalue weighted by atomic mass is 10.2. The van der Waals surface area contributed by atoms with Gasteiger partial charge in [0.2, 0.25) is 5.95 Å². The maximum Gasteiger partial charge on any atom is 0.259 e. The highest BCUT2D eigenvalue weighted by molar-refractivity contribution is 5.58. The summed E-state index contributed by atoms with van der Waals surface area (Å²) in [7, 11) is 0. The molecule has 6 nitrogen and oxygen atoms in total. The summed E-state index contributed by atoms with van der Waals surface area (Å²) in [6.45, 7) is 7.76. The Hall–Kier alpha value is -2.86. The second-order valence-corrected chi connectivity index (χ2v) is 7.02. The zero-order valence-corrected chi connectivity index (χ0v) is 16.0. The van der Waals surface area contributed by atoms with Crippen LogP contribution in [-0.4, -0.2) is 21.1 Å². The van der Waals surface area contributed by atoms with Crippen molar-refractivity contribution in [1.82, 2.24) is 14.5 Å². The zero-order chi connectivity index (χ0) is 19.0. The first-order valence-electron chi connectivity index (χ1n) is 9.26. The van der Waals surface area contributed by atoms with Crippen LogP contribution >= 0.6 is 0 Å². The number of anilines is 2. The molecule has 0 saturated carbocycles. The summed E-state index contributed by atoms with van der Waals surface area (Å²) in [5.41, 5.74) is 3.86. The summed E-state index contributed by atoms with van der Waals surface area (Å²) in [5.74, 6) is 1.58. The number of rotatable bonds is 4. The number of hydrogen-bond acceptors (Lipinski definition) is 5. The Morgan fingerprint density at radius 2 is 1.89 bits per heavy atom. The van der Waals surface area contributed by atoms with Crippen LogP contribution in [0.1, 0.15) is 29.5 Å². The molecule has 140 valence electrons. The number of benzene rings is 1. The fourth-order valence-electron chi connectivity index (χ4n) is 3.58. The maximum absolute atomic E-state index is 13.1. The van der Waals surface area contributed by atoms with Crippen LogP contribution in [-0.2, 0) is 19.6 Å². The maximum atomic E-state index is 13.1. The van der Waals surface area contributed by atoms with E-state index in [1.165, 1.54) is 5.56 Å². The molecule has 1 aromatic carbocycles. The monoisotopic (exact) mass is 364 g/mol. The van der Waals surface area contributed by atoms with Gasteiger partial charge in [-0.3, -0.25) is 19.2 Å². The molecule has 0 amide bonds. The van der Waals surface area contributed by atoms with Gasteiger partial charge in [-0.25, -0.2) is 4.98 Å². The van der Waals surface area contributed by atoms with Gasteiger partial charge in [0, 0.05) is 16.9 Å². The van der Waals surface area contributed by atoms with Crippen molar-refractivity contribution >= 4 is 11.6 Å². The molecule has 0 bridgehead atoms. The Kier molecular flexibility index (Phi) is 4.58. The van der Waals surface area contributed by atoms with Crippen molar-refractivity contribution < 1.29 is 4.42 Å². The van der Waals surface area contributed by atoms with Crippen LogP contribution in [0.4, 0.5) is 11.6 Å². The fraction of sp³-hybridized carbons (Fsp3) is 0.333. The molecule has 3 aromatic rings. The third kappa shape index (κ3) is 3.28. The molecule has 0 atom stereocenters.